The summed E-state index contributed by atoms with van der Waals surface area (Å²) in [6.07, 6.45) is 5.88. The third kappa shape index (κ3) is 5.41. The molecule has 23 heavy (non-hydrogen) atoms. The van der Waals surface area contributed by atoms with Crippen molar-refractivity contribution in [2.45, 2.75) is 44.9 Å². The number of urea groups is 1. The minimum absolute atomic E-state index is 0.196. The van der Waals surface area contributed by atoms with Gasteiger partial charge in [0.15, 0.2) is 0 Å². The summed E-state index contributed by atoms with van der Waals surface area (Å²) < 4.78 is 0. The first kappa shape index (κ1) is 17.6. The summed E-state index contributed by atoms with van der Waals surface area (Å²) in [5.74, 6) is -1.07. The van der Waals surface area contributed by atoms with Gasteiger partial charge in [0.2, 0.25) is 5.91 Å². The highest BCUT2D eigenvalue weighted by Gasteiger charge is 2.27. The van der Waals surface area contributed by atoms with Gasteiger partial charge in [-0.05, 0) is 32.1 Å². The Morgan fingerprint density at radius 3 is 2.78 bits per heavy atom. The van der Waals surface area contributed by atoms with Crippen LogP contribution in [0.2, 0.25) is 0 Å². The van der Waals surface area contributed by atoms with E-state index in [-0.39, 0.29) is 18.5 Å². The highest BCUT2D eigenvalue weighted by molar-refractivity contribution is 5.77. The van der Waals surface area contributed by atoms with Crippen LogP contribution in [0.5, 0.6) is 0 Å². The Balaban J connectivity index is 1.66. The molecule has 7 nitrogen and oxygen atoms in total. The van der Waals surface area contributed by atoms with Crippen LogP contribution in [0, 0.1) is 5.92 Å². The minimum Gasteiger partial charge on any atom is -0.481 e. The summed E-state index contributed by atoms with van der Waals surface area (Å²) in [5.41, 5.74) is 0. The van der Waals surface area contributed by atoms with Crippen LogP contribution >= 0.6 is 0 Å². The Kier molecular flexibility index (Phi) is 6.67. The van der Waals surface area contributed by atoms with Gasteiger partial charge in [0.1, 0.15) is 0 Å². The molecule has 7 heteroatoms. The Morgan fingerprint density at radius 1 is 1.17 bits per heavy atom. The third-order valence-electron chi connectivity index (χ3n) is 4.61. The Labute approximate surface area is 137 Å². The Hall–Kier alpha value is -1.79. The molecule has 1 unspecified atom stereocenters. The molecule has 0 spiro atoms. The second-order valence-corrected chi connectivity index (χ2v) is 6.40. The number of rotatable bonds is 5. The molecule has 0 aromatic rings. The van der Waals surface area contributed by atoms with Gasteiger partial charge in [-0.15, -0.1) is 0 Å². The number of hydrogen-bond acceptors (Lipinski definition) is 3. The number of carboxylic acids is 1. The largest absolute Gasteiger partial charge is 0.481 e. The zero-order valence-electron chi connectivity index (χ0n) is 13.6. The normalized spacial score (nSPS) is 22.6. The lowest BCUT2D eigenvalue weighted by atomic mass is 9.99. The number of aliphatic carboxylic acids is 1. The number of carbonyl (C=O) groups is 3. The van der Waals surface area contributed by atoms with Gasteiger partial charge in [0.05, 0.1) is 5.92 Å². The average Bonchev–Trinajstić information content (AvgIpc) is 2.76. The molecule has 130 valence electrons. The molecule has 2 fully saturated rings. The number of carbonyl (C=O) groups excluding carboxylic acids is 2. The Morgan fingerprint density at radius 2 is 2.00 bits per heavy atom. The summed E-state index contributed by atoms with van der Waals surface area (Å²) in [4.78, 5) is 38.4. The third-order valence-corrected chi connectivity index (χ3v) is 4.61. The molecule has 0 saturated carbocycles. The van der Waals surface area contributed by atoms with Crippen LogP contribution in [0.4, 0.5) is 4.79 Å². The van der Waals surface area contributed by atoms with Crippen molar-refractivity contribution in [3.05, 3.63) is 0 Å². The van der Waals surface area contributed by atoms with Crippen molar-refractivity contribution in [1.29, 1.82) is 0 Å². The zero-order chi connectivity index (χ0) is 16.7. The predicted octanol–water partition coefficient (Wildman–Crippen LogP) is 1.29. The number of nitrogens with zero attached hydrogens (tertiary/aromatic N) is 2. The monoisotopic (exact) mass is 325 g/mol. The van der Waals surface area contributed by atoms with Crippen molar-refractivity contribution in [3.8, 4) is 0 Å². The van der Waals surface area contributed by atoms with Gasteiger partial charge in [-0.3, -0.25) is 9.59 Å². The van der Waals surface area contributed by atoms with Gasteiger partial charge in [-0.2, -0.15) is 0 Å². The molecular weight excluding hydrogens is 298 g/mol. The minimum atomic E-state index is -0.831. The number of hydrogen-bond donors (Lipinski definition) is 2. The van der Waals surface area contributed by atoms with Crippen LogP contribution < -0.4 is 5.32 Å². The topological polar surface area (TPSA) is 89.9 Å². The van der Waals surface area contributed by atoms with Gasteiger partial charge in [-0.1, -0.05) is 6.42 Å². The van der Waals surface area contributed by atoms with Gasteiger partial charge in [0, 0.05) is 39.1 Å². The second kappa shape index (κ2) is 8.74. The number of amides is 3. The maximum atomic E-state index is 12.1. The van der Waals surface area contributed by atoms with E-state index in [1.807, 2.05) is 4.90 Å². The lowest BCUT2D eigenvalue weighted by molar-refractivity contribution is -0.143. The van der Waals surface area contributed by atoms with Crippen LogP contribution in [-0.4, -0.2) is 65.5 Å². The summed E-state index contributed by atoms with van der Waals surface area (Å²) in [7, 11) is 0. The van der Waals surface area contributed by atoms with E-state index in [2.05, 4.69) is 5.32 Å². The van der Waals surface area contributed by atoms with E-state index >= 15 is 0 Å². The van der Waals surface area contributed by atoms with Gasteiger partial charge < -0.3 is 20.2 Å². The van der Waals surface area contributed by atoms with Crippen LogP contribution in [0.3, 0.4) is 0 Å². The van der Waals surface area contributed by atoms with Crippen molar-refractivity contribution >= 4 is 17.9 Å². The molecule has 2 N–H and O–H groups in total. The lowest BCUT2D eigenvalue weighted by Gasteiger charge is -2.30. The quantitative estimate of drug-likeness (QED) is 0.745. The molecule has 3 amide bonds. The van der Waals surface area contributed by atoms with E-state index in [4.69, 9.17) is 5.11 Å². The lowest BCUT2D eigenvalue weighted by Crippen LogP contribution is -2.47. The van der Waals surface area contributed by atoms with Crippen molar-refractivity contribution < 1.29 is 19.5 Å². The molecule has 2 rings (SSSR count). The van der Waals surface area contributed by atoms with Crippen LogP contribution in [-0.2, 0) is 9.59 Å². The van der Waals surface area contributed by atoms with Gasteiger partial charge >= 0.3 is 12.0 Å². The molecule has 2 heterocycles. The van der Waals surface area contributed by atoms with E-state index < -0.39 is 11.9 Å². The summed E-state index contributed by atoms with van der Waals surface area (Å²) in [6.45, 7) is 2.90. The SMILES string of the molecule is O=C(O)C1CCCN(C(=O)NCCCN2CCCCCC2=O)C1. The van der Waals surface area contributed by atoms with Gasteiger partial charge in [0.25, 0.3) is 0 Å². The fraction of sp³-hybridized carbons (Fsp3) is 0.812. The van der Waals surface area contributed by atoms with Crippen LogP contribution in [0.25, 0.3) is 0 Å². The maximum Gasteiger partial charge on any atom is 0.317 e. The van der Waals surface area contributed by atoms with E-state index in [0.717, 1.165) is 38.6 Å². The molecule has 2 aliphatic rings. The summed E-state index contributed by atoms with van der Waals surface area (Å²) >= 11 is 0. The first-order valence-corrected chi connectivity index (χ1v) is 8.61. The van der Waals surface area contributed by atoms with Crippen molar-refractivity contribution in [2.75, 3.05) is 32.7 Å². The number of likely N-dealkylation sites (tertiary alicyclic amines) is 2. The first-order chi connectivity index (χ1) is 11.1. The van der Waals surface area contributed by atoms with E-state index in [1.165, 1.54) is 0 Å². The highest BCUT2D eigenvalue weighted by atomic mass is 16.4. The van der Waals surface area contributed by atoms with Crippen molar-refractivity contribution in [1.82, 2.24) is 15.1 Å². The van der Waals surface area contributed by atoms with Crippen molar-refractivity contribution in [2.24, 2.45) is 5.92 Å². The van der Waals surface area contributed by atoms with E-state index in [0.29, 0.717) is 32.5 Å². The Bertz CT molecular complexity index is 441. The van der Waals surface area contributed by atoms with E-state index in [9.17, 15) is 14.4 Å². The number of piperidine rings is 1. The van der Waals surface area contributed by atoms with Crippen LogP contribution in [0.15, 0.2) is 0 Å². The molecule has 0 aromatic heterocycles. The first-order valence-electron chi connectivity index (χ1n) is 8.61. The molecule has 2 aliphatic heterocycles. The molecule has 1 atom stereocenters. The van der Waals surface area contributed by atoms with Gasteiger partial charge in [-0.25, -0.2) is 4.79 Å². The zero-order valence-corrected chi connectivity index (χ0v) is 13.6. The van der Waals surface area contributed by atoms with E-state index in [1.54, 1.807) is 4.90 Å². The average molecular weight is 325 g/mol. The maximum absolute atomic E-state index is 12.1. The number of nitrogens with one attached hydrogen (secondary N) is 1. The summed E-state index contributed by atoms with van der Waals surface area (Å²) in [6, 6.07) is -0.196. The second-order valence-electron chi connectivity index (χ2n) is 6.40. The molecule has 0 bridgehead atoms. The predicted molar refractivity (Wildman–Crippen MR) is 85.0 cm³/mol. The summed E-state index contributed by atoms with van der Waals surface area (Å²) in [5, 5.41) is 11.9. The standard InChI is InChI=1S/C16H27N3O4/c20-14-7-2-1-3-9-18(14)11-5-8-17-16(23)19-10-4-6-13(12-19)15(21)22/h13H,1-12H2,(H,17,23)(H,21,22). The smallest absolute Gasteiger partial charge is 0.317 e. The van der Waals surface area contributed by atoms with Crippen LogP contribution in [0.1, 0.15) is 44.9 Å². The fourth-order valence-corrected chi connectivity index (χ4v) is 3.22. The molecule has 0 aliphatic carbocycles. The number of carboxylic acid groups (broad SMARTS) is 1. The highest BCUT2D eigenvalue weighted by Crippen LogP contribution is 2.16. The molecule has 0 radical (unpaired) electrons. The fourth-order valence-electron chi connectivity index (χ4n) is 3.22. The van der Waals surface area contributed by atoms with Crippen molar-refractivity contribution in [3.63, 3.8) is 0 Å². The molecule has 0 aromatic carbocycles. The molecular formula is C16H27N3O4. The molecule has 2 saturated heterocycles.